The number of fused-ring (bicyclic) bond motifs is 1. The van der Waals surface area contributed by atoms with E-state index in [1.165, 1.54) is 10.4 Å². The fraction of sp³-hybridized carbons (Fsp3) is 0.364. The molecule has 5 nitrogen and oxygen atoms in total. The van der Waals surface area contributed by atoms with Crippen LogP contribution in [-0.2, 0) is 6.42 Å². The molecule has 0 amide bonds. The molecular formula is C11H12ClN5S. The highest BCUT2D eigenvalue weighted by atomic mass is 35.5. The fourth-order valence-corrected chi connectivity index (χ4v) is 3.39. The first-order chi connectivity index (χ1) is 8.65. The van der Waals surface area contributed by atoms with Gasteiger partial charge in [0, 0.05) is 11.4 Å². The summed E-state index contributed by atoms with van der Waals surface area (Å²) in [6.45, 7) is 3.01. The van der Waals surface area contributed by atoms with Gasteiger partial charge in [-0.2, -0.15) is 15.0 Å². The SMILES string of the molecule is CC1c2ccsc2CCN1c1nc(N)nc(Cl)n1. The Labute approximate surface area is 114 Å². The molecule has 7 heteroatoms. The normalized spacial score (nSPS) is 18.8. The predicted octanol–water partition coefficient (Wildman–Crippen LogP) is 2.29. The van der Waals surface area contributed by atoms with Gasteiger partial charge in [-0.1, -0.05) is 0 Å². The number of nitrogens with two attached hydrogens (primary N) is 1. The summed E-state index contributed by atoms with van der Waals surface area (Å²) in [7, 11) is 0. The maximum absolute atomic E-state index is 5.83. The Morgan fingerprint density at radius 2 is 2.28 bits per heavy atom. The van der Waals surface area contributed by atoms with Crippen LogP contribution in [0.5, 0.6) is 0 Å². The van der Waals surface area contributed by atoms with Crippen LogP contribution >= 0.6 is 22.9 Å². The standard InChI is InChI=1S/C11H12ClN5S/c1-6-7-3-5-18-8(7)2-4-17(6)11-15-9(12)14-10(13)16-11/h3,5-6H,2,4H2,1H3,(H2,13,14,15,16). The number of rotatable bonds is 1. The van der Waals surface area contributed by atoms with Gasteiger partial charge in [-0.25, -0.2) is 0 Å². The molecule has 1 aliphatic heterocycles. The van der Waals surface area contributed by atoms with E-state index in [0.717, 1.165) is 13.0 Å². The van der Waals surface area contributed by atoms with E-state index in [4.69, 9.17) is 17.3 Å². The zero-order valence-corrected chi connectivity index (χ0v) is 11.4. The predicted molar refractivity (Wildman–Crippen MR) is 73.0 cm³/mol. The van der Waals surface area contributed by atoms with Crippen LogP contribution in [0.2, 0.25) is 5.28 Å². The third-order valence-corrected chi connectivity index (χ3v) is 4.31. The lowest BCUT2D eigenvalue weighted by Gasteiger charge is -2.33. The van der Waals surface area contributed by atoms with E-state index in [2.05, 4.69) is 38.2 Å². The van der Waals surface area contributed by atoms with E-state index < -0.39 is 0 Å². The van der Waals surface area contributed by atoms with E-state index in [-0.39, 0.29) is 17.3 Å². The van der Waals surface area contributed by atoms with E-state index >= 15 is 0 Å². The van der Waals surface area contributed by atoms with Gasteiger partial charge >= 0.3 is 0 Å². The highest BCUT2D eigenvalue weighted by molar-refractivity contribution is 7.10. The van der Waals surface area contributed by atoms with Crippen molar-refractivity contribution in [1.29, 1.82) is 0 Å². The summed E-state index contributed by atoms with van der Waals surface area (Å²) >= 11 is 7.63. The molecule has 0 saturated carbocycles. The molecule has 94 valence electrons. The average Bonchev–Trinajstić information content (AvgIpc) is 2.77. The molecule has 0 spiro atoms. The second-order valence-corrected chi connectivity index (χ2v) is 5.52. The van der Waals surface area contributed by atoms with Crippen LogP contribution in [0.25, 0.3) is 0 Å². The topological polar surface area (TPSA) is 67.9 Å². The maximum atomic E-state index is 5.83. The molecule has 1 aliphatic rings. The Hall–Kier alpha value is -1.40. The number of hydrogen-bond acceptors (Lipinski definition) is 6. The summed E-state index contributed by atoms with van der Waals surface area (Å²) in [6.07, 6.45) is 1.00. The summed E-state index contributed by atoms with van der Waals surface area (Å²) in [6, 6.07) is 2.39. The maximum Gasteiger partial charge on any atom is 0.231 e. The molecule has 2 aromatic rings. The van der Waals surface area contributed by atoms with Crippen molar-refractivity contribution in [3.63, 3.8) is 0 Å². The number of anilines is 2. The Bertz CT molecular complexity index is 564. The summed E-state index contributed by atoms with van der Waals surface area (Å²) in [5, 5.41) is 2.26. The summed E-state index contributed by atoms with van der Waals surface area (Å²) < 4.78 is 0. The largest absolute Gasteiger partial charge is 0.368 e. The molecule has 0 saturated heterocycles. The Kier molecular flexibility index (Phi) is 2.83. The van der Waals surface area contributed by atoms with Crippen LogP contribution in [0.1, 0.15) is 23.4 Å². The molecule has 0 radical (unpaired) electrons. The van der Waals surface area contributed by atoms with Gasteiger partial charge < -0.3 is 10.6 Å². The molecular weight excluding hydrogens is 270 g/mol. The smallest absolute Gasteiger partial charge is 0.231 e. The number of thiophene rings is 1. The molecule has 18 heavy (non-hydrogen) atoms. The molecule has 2 N–H and O–H groups in total. The number of halogens is 1. The van der Waals surface area contributed by atoms with E-state index in [1.54, 1.807) is 11.3 Å². The lowest BCUT2D eigenvalue weighted by atomic mass is 10.0. The van der Waals surface area contributed by atoms with Crippen molar-refractivity contribution in [2.45, 2.75) is 19.4 Å². The molecule has 2 aromatic heterocycles. The Balaban J connectivity index is 1.99. The number of nitrogen functional groups attached to an aromatic ring is 1. The van der Waals surface area contributed by atoms with Crippen molar-refractivity contribution >= 4 is 34.8 Å². The van der Waals surface area contributed by atoms with Crippen LogP contribution in [0.3, 0.4) is 0 Å². The van der Waals surface area contributed by atoms with Crippen molar-refractivity contribution in [3.8, 4) is 0 Å². The van der Waals surface area contributed by atoms with Gasteiger partial charge in [0.15, 0.2) is 0 Å². The zero-order valence-electron chi connectivity index (χ0n) is 9.80. The van der Waals surface area contributed by atoms with Crippen LogP contribution in [0.15, 0.2) is 11.4 Å². The van der Waals surface area contributed by atoms with Crippen LogP contribution in [0.4, 0.5) is 11.9 Å². The van der Waals surface area contributed by atoms with Crippen LogP contribution in [0, 0.1) is 0 Å². The summed E-state index contributed by atoms with van der Waals surface area (Å²) in [5.74, 6) is 0.713. The lowest BCUT2D eigenvalue weighted by molar-refractivity contribution is 0.614. The zero-order chi connectivity index (χ0) is 12.7. The van der Waals surface area contributed by atoms with Crippen LogP contribution < -0.4 is 10.6 Å². The first kappa shape index (κ1) is 11.7. The van der Waals surface area contributed by atoms with Gasteiger partial charge in [-0.3, -0.25) is 0 Å². The van der Waals surface area contributed by atoms with Crippen molar-refractivity contribution < 1.29 is 0 Å². The number of hydrogen-bond donors (Lipinski definition) is 1. The fourth-order valence-electron chi connectivity index (χ4n) is 2.27. The first-order valence-corrected chi connectivity index (χ1v) is 6.91. The second kappa shape index (κ2) is 4.37. The highest BCUT2D eigenvalue weighted by Crippen LogP contribution is 2.34. The van der Waals surface area contributed by atoms with E-state index in [0.29, 0.717) is 5.95 Å². The Morgan fingerprint density at radius 1 is 1.44 bits per heavy atom. The summed E-state index contributed by atoms with van der Waals surface area (Å²) in [5.41, 5.74) is 6.95. The minimum Gasteiger partial charge on any atom is -0.368 e. The van der Waals surface area contributed by atoms with Crippen LogP contribution in [-0.4, -0.2) is 21.5 Å². The lowest BCUT2D eigenvalue weighted by Crippen LogP contribution is -2.34. The molecule has 0 aliphatic carbocycles. The molecule has 3 heterocycles. The van der Waals surface area contributed by atoms with E-state index in [1.807, 2.05) is 0 Å². The molecule has 0 aromatic carbocycles. The first-order valence-electron chi connectivity index (χ1n) is 5.65. The molecule has 1 atom stereocenters. The van der Waals surface area contributed by atoms with Gasteiger partial charge in [0.25, 0.3) is 0 Å². The van der Waals surface area contributed by atoms with Crippen molar-refractivity contribution in [1.82, 2.24) is 15.0 Å². The highest BCUT2D eigenvalue weighted by Gasteiger charge is 2.27. The Morgan fingerprint density at radius 3 is 3.06 bits per heavy atom. The monoisotopic (exact) mass is 281 g/mol. The summed E-state index contributed by atoms with van der Waals surface area (Å²) in [4.78, 5) is 15.7. The minimum atomic E-state index is 0.140. The van der Waals surface area contributed by atoms with E-state index in [9.17, 15) is 0 Å². The van der Waals surface area contributed by atoms with Gasteiger partial charge in [-0.05, 0) is 42.0 Å². The van der Waals surface area contributed by atoms with Gasteiger partial charge in [0.2, 0.25) is 17.2 Å². The molecule has 0 fully saturated rings. The van der Waals surface area contributed by atoms with Gasteiger partial charge in [0.05, 0.1) is 6.04 Å². The third-order valence-electron chi connectivity index (χ3n) is 3.15. The van der Waals surface area contributed by atoms with Gasteiger partial charge in [0.1, 0.15) is 0 Å². The molecule has 3 rings (SSSR count). The second-order valence-electron chi connectivity index (χ2n) is 4.18. The number of aromatic nitrogens is 3. The molecule has 1 unspecified atom stereocenters. The van der Waals surface area contributed by atoms with Crippen molar-refractivity contribution in [3.05, 3.63) is 27.2 Å². The van der Waals surface area contributed by atoms with Crippen molar-refractivity contribution in [2.24, 2.45) is 0 Å². The van der Waals surface area contributed by atoms with Crippen molar-refractivity contribution in [2.75, 3.05) is 17.2 Å². The average molecular weight is 282 g/mol. The number of nitrogens with zero attached hydrogens (tertiary/aromatic N) is 4. The van der Waals surface area contributed by atoms with Gasteiger partial charge in [-0.15, -0.1) is 11.3 Å². The molecule has 0 bridgehead atoms. The minimum absolute atomic E-state index is 0.140. The third kappa shape index (κ3) is 1.91. The quantitative estimate of drug-likeness (QED) is 0.869.